The zero-order chi connectivity index (χ0) is 28.5. The first-order valence-electron chi connectivity index (χ1n) is 9.75. The van der Waals surface area contributed by atoms with Gasteiger partial charge in [0.05, 0.1) is 13.3 Å². The number of amides is 6. The van der Waals surface area contributed by atoms with Crippen molar-refractivity contribution >= 4 is 35.4 Å². The van der Waals surface area contributed by atoms with Crippen LogP contribution >= 0.6 is 0 Å². The SMILES string of the molecule is C=CC(=O)NC(O)C(O)NC(=O)C=C.C=CC(=O)NCNC(=O)C=C.C=CC(=O)NCNC(=O)C=C. The summed E-state index contributed by atoms with van der Waals surface area (Å²) in [6.07, 6.45) is 3.16. The van der Waals surface area contributed by atoms with E-state index >= 15 is 0 Å². The third-order valence-electron chi connectivity index (χ3n) is 3.04. The monoisotopic (exact) mass is 508 g/mol. The van der Waals surface area contributed by atoms with Gasteiger partial charge in [0.25, 0.3) is 0 Å². The molecule has 0 rings (SSSR count). The third-order valence-corrected chi connectivity index (χ3v) is 3.04. The van der Waals surface area contributed by atoms with Crippen molar-refractivity contribution in [3.05, 3.63) is 75.9 Å². The molecule has 0 aromatic rings. The van der Waals surface area contributed by atoms with Crippen molar-refractivity contribution in [1.29, 1.82) is 0 Å². The molecule has 2 atom stereocenters. The van der Waals surface area contributed by atoms with Gasteiger partial charge in [0.2, 0.25) is 35.4 Å². The maximum Gasteiger partial charge on any atom is 0.245 e. The average Bonchev–Trinajstić information content (AvgIpc) is 2.88. The average molecular weight is 509 g/mol. The number of hydrogen-bond acceptors (Lipinski definition) is 8. The molecule has 0 bridgehead atoms. The zero-order valence-electron chi connectivity index (χ0n) is 19.6. The van der Waals surface area contributed by atoms with Crippen molar-refractivity contribution in [2.24, 2.45) is 0 Å². The molecule has 0 aliphatic rings. The molecule has 0 aromatic heterocycles. The van der Waals surface area contributed by atoms with Crippen molar-refractivity contribution in [2.75, 3.05) is 13.3 Å². The highest BCUT2D eigenvalue weighted by molar-refractivity contribution is 5.90. The molecule has 0 aliphatic heterocycles. The standard InChI is InChI=1S/C8H12N2O4.2C7H10N2O2/c1-3-5(11)9-7(13)8(14)10-6(12)4-2;2*1-3-6(10)8-5-9-7(11)4-2/h3-4,7-8,13-14H,1-2H2,(H,9,11)(H,10,12);2*3-4H,1-2,5H2,(H,8,10)(H,9,11). The number of aliphatic hydroxyl groups is 2. The largest absolute Gasteiger partial charge is 0.369 e. The van der Waals surface area contributed by atoms with E-state index in [0.29, 0.717) is 0 Å². The Hall–Kier alpha value is -4.82. The first kappa shape index (κ1) is 35.8. The number of carbonyl (C=O) groups is 6. The molecular weight excluding hydrogens is 476 g/mol. The number of hydrogen-bond donors (Lipinski definition) is 8. The van der Waals surface area contributed by atoms with Crippen molar-refractivity contribution in [2.45, 2.75) is 12.5 Å². The molecule has 2 unspecified atom stereocenters. The summed E-state index contributed by atoms with van der Waals surface area (Å²) in [4.78, 5) is 63.2. The number of aliphatic hydroxyl groups excluding tert-OH is 2. The highest BCUT2D eigenvalue weighted by Crippen LogP contribution is 1.86. The summed E-state index contributed by atoms with van der Waals surface area (Å²) in [7, 11) is 0. The summed E-state index contributed by atoms with van der Waals surface area (Å²) in [5.74, 6) is -2.62. The Bertz CT molecular complexity index is 732. The van der Waals surface area contributed by atoms with Gasteiger partial charge in [-0.05, 0) is 36.5 Å². The molecule has 0 radical (unpaired) electrons. The van der Waals surface area contributed by atoms with Crippen LogP contribution in [0.1, 0.15) is 0 Å². The van der Waals surface area contributed by atoms with E-state index in [1.54, 1.807) is 0 Å². The maximum absolute atomic E-state index is 10.6. The van der Waals surface area contributed by atoms with Crippen LogP contribution in [0, 0.1) is 0 Å². The summed E-state index contributed by atoms with van der Waals surface area (Å²) in [6, 6.07) is 0. The summed E-state index contributed by atoms with van der Waals surface area (Å²) in [6.45, 7) is 19.4. The molecule has 0 aliphatic carbocycles. The smallest absolute Gasteiger partial charge is 0.245 e. The molecule has 0 heterocycles. The molecule has 8 N–H and O–H groups in total. The van der Waals surface area contributed by atoms with Gasteiger partial charge in [-0.3, -0.25) is 28.8 Å². The van der Waals surface area contributed by atoms with Gasteiger partial charge in [-0.15, -0.1) is 0 Å². The molecule has 0 saturated heterocycles. The Kier molecular flexibility index (Phi) is 23.2. The van der Waals surface area contributed by atoms with E-state index < -0.39 is 24.3 Å². The minimum atomic E-state index is -1.59. The lowest BCUT2D eigenvalue weighted by Gasteiger charge is -2.18. The second-order valence-electron chi connectivity index (χ2n) is 5.65. The Morgan fingerprint density at radius 1 is 0.472 bits per heavy atom. The van der Waals surface area contributed by atoms with Gasteiger partial charge in [0.15, 0.2) is 12.5 Å². The van der Waals surface area contributed by atoms with Gasteiger partial charge >= 0.3 is 0 Å². The van der Waals surface area contributed by atoms with Gasteiger partial charge in [-0.2, -0.15) is 0 Å². The van der Waals surface area contributed by atoms with Gasteiger partial charge in [-0.1, -0.05) is 39.5 Å². The van der Waals surface area contributed by atoms with Crippen molar-refractivity contribution < 1.29 is 39.0 Å². The number of rotatable bonds is 13. The first-order chi connectivity index (χ1) is 16.9. The second kappa shape index (κ2) is 23.3. The predicted octanol–water partition coefficient (Wildman–Crippen LogP) is -2.68. The van der Waals surface area contributed by atoms with Crippen LogP contribution in [0.5, 0.6) is 0 Å². The van der Waals surface area contributed by atoms with Crippen LogP contribution in [0.3, 0.4) is 0 Å². The summed E-state index contributed by atoms with van der Waals surface area (Å²) < 4.78 is 0. The molecule has 14 nitrogen and oxygen atoms in total. The van der Waals surface area contributed by atoms with E-state index in [4.69, 9.17) is 10.2 Å². The topological polar surface area (TPSA) is 215 Å². The molecule has 36 heavy (non-hydrogen) atoms. The molecule has 198 valence electrons. The van der Waals surface area contributed by atoms with Crippen molar-refractivity contribution in [3.63, 3.8) is 0 Å². The van der Waals surface area contributed by atoms with Crippen LogP contribution in [0.25, 0.3) is 0 Å². The van der Waals surface area contributed by atoms with Gasteiger partial charge in [-0.25, -0.2) is 0 Å². The molecule has 0 saturated carbocycles. The van der Waals surface area contributed by atoms with Crippen LogP contribution < -0.4 is 31.9 Å². The van der Waals surface area contributed by atoms with Crippen LogP contribution in [-0.2, 0) is 28.8 Å². The predicted molar refractivity (Wildman–Crippen MR) is 132 cm³/mol. The Morgan fingerprint density at radius 2 is 0.667 bits per heavy atom. The minimum absolute atomic E-state index is 0.0930. The Labute approximate surface area is 208 Å². The Balaban J connectivity index is -0.000000459. The number of nitrogens with one attached hydrogen (secondary N) is 6. The first-order valence-corrected chi connectivity index (χ1v) is 9.75. The van der Waals surface area contributed by atoms with Crippen LogP contribution in [0.15, 0.2) is 75.9 Å². The van der Waals surface area contributed by atoms with Crippen molar-refractivity contribution in [1.82, 2.24) is 31.9 Å². The lowest BCUT2D eigenvalue weighted by Crippen LogP contribution is -2.51. The van der Waals surface area contributed by atoms with E-state index in [1.807, 2.05) is 10.6 Å². The highest BCUT2D eigenvalue weighted by atomic mass is 16.4. The lowest BCUT2D eigenvalue weighted by atomic mass is 10.4. The maximum atomic E-state index is 10.6. The Morgan fingerprint density at radius 3 is 0.833 bits per heavy atom. The van der Waals surface area contributed by atoms with E-state index in [1.165, 1.54) is 0 Å². The highest BCUT2D eigenvalue weighted by Gasteiger charge is 2.17. The quantitative estimate of drug-likeness (QED) is 0.0967. The molecule has 0 fully saturated rings. The van der Waals surface area contributed by atoms with E-state index in [9.17, 15) is 28.8 Å². The fourth-order valence-corrected chi connectivity index (χ4v) is 1.29. The van der Waals surface area contributed by atoms with E-state index in [0.717, 1.165) is 36.5 Å². The molecule has 14 heteroatoms. The zero-order valence-corrected chi connectivity index (χ0v) is 19.6. The lowest BCUT2D eigenvalue weighted by molar-refractivity contribution is -0.128. The molecule has 0 spiro atoms. The number of carbonyl (C=O) groups excluding carboxylic acids is 6. The minimum Gasteiger partial charge on any atom is -0.369 e. The van der Waals surface area contributed by atoms with Gasteiger partial charge in [0.1, 0.15) is 0 Å². The second-order valence-corrected chi connectivity index (χ2v) is 5.65. The summed E-state index contributed by atoms with van der Waals surface area (Å²) in [5, 5.41) is 31.5. The van der Waals surface area contributed by atoms with Crippen LogP contribution in [-0.4, -0.2) is 71.4 Å². The van der Waals surface area contributed by atoms with Crippen LogP contribution in [0.2, 0.25) is 0 Å². The molecular formula is C22H32N6O8. The van der Waals surface area contributed by atoms with E-state index in [-0.39, 0.29) is 37.0 Å². The summed E-state index contributed by atoms with van der Waals surface area (Å²) >= 11 is 0. The fraction of sp³-hybridized carbons (Fsp3) is 0.182. The fourth-order valence-electron chi connectivity index (χ4n) is 1.29. The molecule has 6 amide bonds. The molecule has 0 aromatic carbocycles. The van der Waals surface area contributed by atoms with E-state index in [2.05, 4.69) is 60.7 Å². The van der Waals surface area contributed by atoms with Gasteiger partial charge in [0, 0.05) is 0 Å². The third kappa shape index (κ3) is 23.8. The summed E-state index contributed by atoms with van der Waals surface area (Å²) in [5.41, 5.74) is 0. The van der Waals surface area contributed by atoms with Gasteiger partial charge < -0.3 is 42.1 Å². The van der Waals surface area contributed by atoms with Crippen LogP contribution in [0.4, 0.5) is 0 Å². The normalized spacial score (nSPS) is 10.2. The van der Waals surface area contributed by atoms with Crippen molar-refractivity contribution in [3.8, 4) is 0 Å².